The summed E-state index contributed by atoms with van der Waals surface area (Å²) in [4.78, 5) is 28.7. The molecule has 0 unspecified atom stereocenters. The molecule has 5 heteroatoms. The molecule has 2 fully saturated rings. The topological polar surface area (TPSA) is 53.8 Å². The molecule has 0 aromatic carbocycles. The van der Waals surface area contributed by atoms with Crippen LogP contribution < -0.4 is 0 Å². The average molecular weight is 346 g/mol. The molecule has 0 bridgehead atoms. The number of furan rings is 1. The van der Waals surface area contributed by atoms with Gasteiger partial charge < -0.3 is 14.2 Å². The third kappa shape index (κ3) is 4.07. The van der Waals surface area contributed by atoms with E-state index < -0.39 is 0 Å². The normalized spacial score (nSPS) is 22.7. The summed E-state index contributed by atoms with van der Waals surface area (Å²) in [5.41, 5.74) is 0. The zero-order valence-electron chi connectivity index (χ0n) is 15.5. The number of carbonyl (C=O) groups excluding carboxylic acids is 2. The fourth-order valence-corrected chi connectivity index (χ4v) is 4.11. The van der Waals surface area contributed by atoms with Gasteiger partial charge in [-0.25, -0.2) is 0 Å². The van der Waals surface area contributed by atoms with Crippen LogP contribution in [-0.2, 0) is 16.0 Å². The third-order valence-corrected chi connectivity index (χ3v) is 5.68. The van der Waals surface area contributed by atoms with Crippen LogP contribution in [0, 0.1) is 5.92 Å². The summed E-state index contributed by atoms with van der Waals surface area (Å²) >= 11 is 0. The standard InChI is InChI=1S/C20H30N2O3/c1-3-17-8-9-19(25-17)18-7-5-4-6-12-22(18)20(24)16-10-13-21(14-11-16)15(2)23/h8-9,16,18H,3-7,10-14H2,1-2H3/t18-/m1/s1. The quantitative estimate of drug-likeness (QED) is 0.841. The maximum absolute atomic E-state index is 13.2. The molecule has 3 heterocycles. The number of hydrogen-bond acceptors (Lipinski definition) is 3. The summed E-state index contributed by atoms with van der Waals surface area (Å²) in [6, 6.07) is 4.16. The fourth-order valence-electron chi connectivity index (χ4n) is 4.11. The number of aryl methyl sites for hydroxylation is 1. The van der Waals surface area contributed by atoms with Crippen molar-refractivity contribution >= 4 is 11.8 Å². The van der Waals surface area contributed by atoms with Crippen molar-refractivity contribution < 1.29 is 14.0 Å². The summed E-state index contributed by atoms with van der Waals surface area (Å²) in [6.07, 6.45) is 6.79. The highest BCUT2D eigenvalue weighted by molar-refractivity contribution is 5.80. The summed E-state index contributed by atoms with van der Waals surface area (Å²) in [5, 5.41) is 0. The van der Waals surface area contributed by atoms with Crippen molar-refractivity contribution in [3.8, 4) is 0 Å². The summed E-state index contributed by atoms with van der Waals surface area (Å²) < 4.78 is 6.00. The molecule has 0 spiro atoms. The van der Waals surface area contributed by atoms with Crippen LogP contribution in [0.1, 0.15) is 69.9 Å². The second-order valence-corrected chi connectivity index (χ2v) is 7.33. The maximum Gasteiger partial charge on any atom is 0.226 e. The Hall–Kier alpha value is -1.78. The molecule has 1 atom stereocenters. The molecule has 1 aromatic rings. The number of amides is 2. The van der Waals surface area contributed by atoms with Crippen molar-refractivity contribution in [3.63, 3.8) is 0 Å². The highest BCUT2D eigenvalue weighted by Gasteiger charge is 2.34. The zero-order chi connectivity index (χ0) is 17.8. The molecule has 1 aromatic heterocycles. The number of nitrogens with zero attached hydrogens (tertiary/aromatic N) is 2. The van der Waals surface area contributed by atoms with Gasteiger partial charge >= 0.3 is 0 Å². The van der Waals surface area contributed by atoms with Crippen LogP contribution in [0.3, 0.4) is 0 Å². The van der Waals surface area contributed by atoms with E-state index in [4.69, 9.17) is 4.42 Å². The number of likely N-dealkylation sites (tertiary alicyclic amines) is 2. The van der Waals surface area contributed by atoms with Crippen molar-refractivity contribution in [1.29, 1.82) is 0 Å². The Labute approximate surface area is 150 Å². The predicted molar refractivity (Wildman–Crippen MR) is 96.0 cm³/mol. The van der Waals surface area contributed by atoms with Gasteiger partial charge in [0.1, 0.15) is 11.5 Å². The largest absolute Gasteiger partial charge is 0.464 e. The lowest BCUT2D eigenvalue weighted by molar-refractivity contribution is -0.142. The van der Waals surface area contributed by atoms with E-state index in [-0.39, 0.29) is 23.8 Å². The van der Waals surface area contributed by atoms with Gasteiger partial charge in [-0.05, 0) is 37.8 Å². The molecule has 0 saturated carbocycles. The number of rotatable bonds is 3. The van der Waals surface area contributed by atoms with Crippen LogP contribution in [-0.4, -0.2) is 41.2 Å². The van der Waals surface area contributed by atoms with E-state index in [0.29, 0.717) is 13.1 Å². The Morgan fingerprint density at radius 1 is 1.08 bits per heavy atom. The molecule has 138 valence electrons. The van der Waals surface area contributed by atoms with Crippen LogP contribution in [0.25, 0.3) is 0 Å². The first kappa shape index (κ1) is 18.0. The molecule has 2 amide bonds. The molecule has 2 saturated heterocycles. The highest BCUT2D eigenvalue weighted by atomic mass is 16.3. The third-order valence-electron chi connectivity index (χ3n) is 5.68. The van der Waals surface area contributed by atoms with Gasteiger partial charge in [-0.1, -0.05) is 19.8 Å². The van der Waals surface area contributed by atoms with E-state index in [9.17, 15) is 9.59 Å². The summed E-state index contributed by atoms with van der Waals surface area (Å²) in [7, 11) is 0. The zero-order valence-corrected chi connectivity index (χ0v) is 15.5. The van der Waals surface area contributed by atoms with Gasteiger partial charge in [0.05, 0.1) is 6.04 Å². The first-order valence-electron chi connectivity index (χ1n) is 9.74. The lowest BCUT2D eigenvalue weighted by Gasteiger charge is -2.36. The van der Waals surface area contributed by atoms with Gasteiger partial charge in [-0.15, -0.1) is 0 Å². The summed E-state index contributed by atoms with van der Waals surface area (Å²) in [6.45, 7) is 5.91. The van der Waals surface area contributed by atoms with Crippen molar-refractivity contribution in [2.75, 3.05) is 19.6 Å². The number of carbonyl (C=O) groups is 2. The SMILES string of the molecule is CCc1ccc([C@H]2CCCCCN2C(=O)C2CCN(C(C)=O)CC2)o1. The van der Waals surface area contributed by atoms with Crippen LogP contribution in [0.2, 0.25) is 0 Å². The van der Waals surface area contributed by atoms with Crippen LogP contribution in [0.4, 0.5) is 0 Å². The monoisotopic (exact) mass is 346 g/mol. The van der Waals surface area contributed by atoms with Gasteiger partial charge in [0.25, 0.3) is 0 Å². The van der Waals surface area contributed by atoms with Gasteiger partial charge in [0, 0.05) is 38.9 Å². The van der Waals surface area contributed by atoms with Crippen molar-refractivity contribution in [3.05, 3.63) is 23.7 Å². The summed E-state index contributed by atoms with van der Waals surface area (Å²) in [5.74, 6) is 2.33. The van der Waals surface area contributed by atoms with Gasteiger partial charge in [0.15, 0.2) is 0 Å². The minimum atomic E-state index is 0.0387. The Morgan fingerprint density at radius 2 is 1.84 bits per heavy atom. The van der Waals surface area contributed by atoms with Gasteiger partial charge in [0.2, 0.25) is 11.8 Å². The van der Waals surface area contributed by atoms with Crippen LogP contribution >= 0.6 is 0 Å². The Morgan fingerprint density at radius 3 is 2.48 bits per heavy atom. The molecule has 0 N–H and O–H groups in total. The van der Waals surface area contributed by atoms with E-state index in [0.717, 1.165) is 56.6 Å². The Bertz CT molecular complexity index is 602. The molecule has 0 radical (unpaired) electrons. The molecule has 2 aliphatic rings. The molecule has 0 aliphatic carbocycles. The fraction of sp³-hybridized carbons (Fsp3) is 0.700. The minimum Gasteiger partial charge on any atom is -0.464 e. The first-order chi connectivity index (χ1) is 12.1. The van der Waals surface area contributed by atoms with E-state index in [1.54, 1.807) is 6.92 Å². The molecule has 2 aliphatic heterocycles. The van der Waals surface area contributed by atoms with Crippen molar-refractivity contribution in [1.82, 2.24) is 9.80 Å². The maximum atomic E-state index is 13.2. The second kappa shape index (κ2) is 8.07. The molecular weight excluding hydrogens is 316 g/mol. The Balaban J connectivity index is 1.72. The van der Waals surface area contributed by atoms with E-state index in [2.05, 4.69) is 11.8 Å². The van der Waals surface area contributed by atoms with E-state index in [1.165, 1.54) is 6.42 Å². The molecule has 5 nitrogen and oxygen atoms in total. The van der Waals surface area contributed by atoms with E-state index in [1.807, 2.05) is 17.0 Å². The second-order valence-electron chi connectivity index (χ2n) is 7.33. The van der Waals surface area contributed by atoms with Crippen LogP contribution in [0.15, 0.2) is 16.5 Å². The van der Waals surface area contributed by atoms with Crippen LogP contribution in [0.5, 0.6) is 0 Å². The van der Waals surface area contributed by atoms with Crippen molar-refractivity contribution in [2.24, 2.45) is 5.92 Å². The first-order valence-corrected chi connectivity index (χ1v) is 9.74. The van der Waals surface area contributed by atoms with Gasteiger partial charge in [-0.3, -0.25) is 9.59 Å². The molecule has 3 rings (SSSR count). The average Bonchev–Trinajstić information content (AvgIpc) is 2.98. The lowest BCUT2D eigenvalue weighted by Crippen LogP contribution is -2.45. The van der Waals surface area contributed by atoms with Gasteiger partial charge in [-0.2, -0.15) is 0 Å². The lowest BCUT2D eigenvalue weighted by atomic mass is 9.94. The predicted octanol–water partition coefficient (Wildman–Crippen LogP) is 3.54. The molecule has 25 heavy (non-hydrogen) atoms. The number of piperidine rings is 1. The van der Waals surface area contributed by atoms with Crippen molar-refractivity contribution in [2.45, 2.75) is 64.8 Å². The smallest absolute Gasteiger partial charge is 0.226 e. The molecular formula is C20H30N2O3. The van der Waals surface area contributed by atoms with E-state index >= 15 is 0 Å². The number of hydrogen-bond donors (Lipinski definition) is 0. The highest BCUT2D eigenvalue weighted by Crippen LogP contribution is 2.34. The minimum absolute atomic E-state index is 0.0387. The Kier molecular flexibility index (Phi) is 5.82.